The fourth-order valence-electron chi connectivity index (χ4n) is 5.17. The van der Waals surface area contributed by atoms with Crippen molar-refractivity contribution in [3.63, 3.8) is 0 Å². The van der Waals surface area contributed by atoms with E-state index in [1.165, 1.54) is 5.57 Å². The minimum absolute atomic E-state index is 0.0800. The molecule has 0 saturated heterocycles. The van der Waals surface area contributed by atoms with Gasteiger partial charge in [-0.15, -0.1) is 11.3 Å². The summed E-state index contributed by atoms with van der Waals surface area (Å²) in [5.41, 5.74) is 1.86. The number of Topliss-reactive ketones (excluding diaryl/α,β-unsaturated/α-hetero) is 1. The van der Waals surface area contributed by atoms with E-state index in [2.05, 4.69) is 18.0 Å². The lowest BCUT2D eigenvalue weighted by Crippen LogP contribution is -2.54. The molecular formula is C26H37NO5S. The van der Waals surface area contributed by atoms with Gasteiger partial charge >= 0.3 is 5.97 Å². The number of fused-ring (bicyclic) bond motifs is 2. The standard InChI is InChI=1S/C26H37NO5S/c1-15-7-6-8-19-13-26(5,25(31)17(3)24(19)30)22(28)12-23(29)32-21(10-9-15)16(2)11-20-14-33-18(4)27-20/h9,11,14,17,19,21-22,24,28,30H,6-8,10,12-13H2,1-5H3/b15-9-,16-11+/t17-,19-,21+,22+,24-,26-/m1/s1. The number of aliphatic hydroxyl groups is 2. The summed E-state index contributed by atoms with van der Waals surface area (Å²) in [6.45, 7) is 9.40. The van der Waals surface area contributed by atoms with Crippen LogP contribution in [0.3, 0.4) is 0 Å². The van der Waals surface area contributed by atoms with E-state index >= 15 is 0 Å². The Morgan fingerprint density at radius 2 is 2.03 bits per heavy atom. The van der Waals surface area contributed by atoms with Gasteiger partial charge < -0.3 is 14.9 Å². The molecule has 2 bridgehead atoms. The van der Waals surface area contributed by atoms with Gasteiger partial charge in [-0.2, -0.15) is 0 Å². The van der Waals surface area contributed by atoms with Crippen LogP contribution in [0.4, 0.5) is 0 Å². The summed E-state index contributed by atoms with van der Waals surface area (Å²) in [7, 11) is 0. The van der Waals surface area contributed by atoms with Crippen LogP contribution in [0.15, 0.2) is 22.6 Å². The van der Waals surface area contributed by atoms with Crippen molar-refractivity contribution in [1.82, 2.24) is 4.98 Å². The molecule has 1 aromatic heterocycles. The highest BCUT2D eigenvalue weighted by Gasteiger charge is 2.51. The molecule has 1 aromatic rings. The molecule has 6 nitrogen and oxygen atoms in total. The Labute approximate surface area is 200 Å². The van der Waals surface area contributed by atoms with Gasteiger partial charge in [0.15, 0.2) is 0 Å². The highest BCUT2D eigenvalue weighted by atomic mass is 32.1. The van der Waals surface area contributed by atoms with E-state index in [-0.39, 0.29) is 18.1 Å². The molecule has 0 radical (unpaired) electrons. The van der Waals surface area contributed by atoms with Gasteiger partial charge in [-0.1, -0.05) is 25.5 Å². The summed E-state index contributed by atoms with van der Waals surface area (Å²) >= 11 is 1.57. The first-order chi connectivity index (χ1) is 15.5. The van der Waals surface area contributed by atoms with Crippen molar-refractivity contribution < 1.29 is 24.5 Å². The molecule has 3 rings (SSSR count). The quantitative estimate of drug-likeness (QED) is 0.478. The highest BCUT2D eigenvalue weighted by Crippen LogP contribution is 2.44. The first-order valence-electron chi connectivity index (χ1n) is 11.9. The molecule has 1 aliphatic heterocycles. The lowest BCUT2D eigenvalue weighted by Gasteiger charge is -2.45. The maximum absolute atomic E-state index is 13.1. The fraction of sp³-hybridized carbons (Fsp3) is 0.654. The zero-order chi connectivity index (χ0) is 24.3. The largest absolute Gasteiger partial charge is 0.457 e. The van der Waals surface area contributed by atoms with Crippen molar-refractivity contribution >= 4 is 29.2 Å². The Hall–Kier alpha value is -1.83. The van der Waals surface area contributed by atoms with E-state index < -0.39 is 35.6 Å². The molecule has 0 spiro atoms. The van der Waals surface area contributed by atoms with E-state index in [0.717, 1.165) is 35.5 Å². The molecule has 1 fully saturated rings. The molecule has 0 aromatic carbocycles. The highest BCUT2D eigenvalue weighted by molar-refractivity contribution is 7.09. The van der Waals surface area contributed by atoms with Crippen molar-refractivity contribution in [2.75, 3.05) is 0 Å². The number of aryl methyl sites for hydroxylation is 1. The van der Waals surface area contributed by atoms with Crippen LogP contribution < -0.4 is 0 Å². The lowest BCUT2D eigenvalue weighted by atomic mass is 9.60. The monoisotopic (exact) mass is 475 g/mol. The Morgan fingerprint density at radius 3 is 2.70 bits per heavy atom. The Balaban J connectivity index is 1.87. The Morgan fingerprint density at radius 1 is 1.30 bits per heavy atom. The predicted octanol–water partition coefficient (Wildman–Crippen LogP) is 4.63. The van der Waals surface area contributed by atoms with E-state index in [1.54, 1.807) is 25.2 Å². The van der Waals surface area contributed by atoms with Gasteiger partial charge in [-0.05, 0) is 64.0 Å². The average Bonchev–Trinajstić information content (AvgIpc) is 3.16. The number of thiazole rings is 1. The van der Waals surface area contributed by atoms with Gasteiger partial charge in [0.2, 0.25) is 0 Å². The third kappa shape index (κ3) is 6.00. The van der Waals surface area contributed by atoms with E-state index in [4.69, 9.17) is 4.74 Å². The van der Waals surface area contributed by atoms with Crippen LogP contribution in [0.1, 0.15) is 76.9 Å². The third-order valence-electron chi connectivity index (χ3n) is 7.37. The number of allylic oxidation sites excluding steroid dienone is 1. The van der Waals surface area contributed by atoms with Crippen LogP contribution in [-0.4, -0.2) is 45.3 Å². The summed E-state index contributed by atoms with van der Waals surface area (Å²) in [5.74, 6) is -1.35. The zero-order valence-electron chi connectivity index (χ0n) is 20.3. The minimum Gasteiger partial charge on any atom is -0.457 e. The van der Waals surface area contributed by atoms with Crippen LogP contribution in [0.5, 0.6) is 0 Å². The topological polar surface area (TPSA) is 96.7 Å². The summed E-state index contributed by atoms with van der Waals surface area (Å²) in [5, 5.41) is 24.6. The zero-order valence-corrected chi connectivity index (χ0v) is 21.2. The van der Waals surface area contributed by atoms with E-state index in [9.17, 15) is 19.8 Å². The number of carbonyl (C=O) groups is 2. The van der Waals surface area contributed by atoms with Crippen molar-refractivity contribution in [1.29, 1.82) is 0 Å². The van der Waals surface area contributed by atoms with Gasteiger partial charge in [-0.3, -0.25) is 9.59 Å². The lowest BCUT2D eigenvalue weighted by molar-refractivity contribution is -0.161. The van der Waals surface area contributed by atoms with Crippen LogP contribution in [0.25, 0.3) is 6.08 Å². The molecule has 2 heterocycles. The van der Waals surface area contributed by atoms with E-state index in [1.807, 2.05) is 25.3 Å². The van der Waals surface area contributed by atoms with Crippen molar-refractivity contribution in [2.45, 2.75) is 91.5 Å². The van der Waals surface area contributed by atoms with Crippen LogP contribution in [0.2, 0.25) is 0 Å². The summed E-state index contributed by atoms with van der Waals surface area (Å²) in [6, 6.07) is 0. The Kier molecular flexibility index (Phi) is 8.30. The Bertz CT molecular complexity index is 935. The first kappa shape index (κ1) is 25.8. The second-order valence-electron chi connectivity index (χ2n) is 10.1. The summed E-state index contributed by atoms with van der Waals surface area (Å²) < 4.78 is 5.82. The summed E-state index contributed by atoms with van der Waals surface area (Å²) in [6.07, 6.45) is 4.93. The van der Waals surface area contributed by atoms with Crippen molar-refractivity contribution in [2.24, 2.45) is 17.3 Å². The van der Waals surface area contributed by atoms with E-state index in [0.29, 0.717) is 12.8 Å². The van der Waals surface area contributed by atoms with Gasteiger partial charge in [0.1, 0.15) is 11.9 Å². The van der Waals surface area contributed by atoms with Crippen LogP contribution >= 0.6 is 11.3 Å². The number of cyclic esters (lactones) is 1. The average molecular weight is 476 g/mol. The second-order valence-corrected chi connectivity index (χ2v) is 11.1. The van der Waals surface area contributed by atoms with Gasteiger partial charge in [0.25, 0.3) is 0 Å². The molecule has 2 N–H and O–H groups in total. The predicted molar refractivity (Wildman–Crippen MR) is 130 cm³/mol. The first-order valence-corrected chi connectivity index (χ1v) is 12.7. The molecular weight excluding hydrogens is 438 g/mol. The van der Waals surface area contributed by atoms with Crippen molar-refractivity contribution in [3.05, 3.63) is 33.3 Å². The smallest absolute Gasteiger partial charge is 0.309 e. The van der Waals surface area contributed by atoms with Gasteiger partial charge in [-0.25, -0.2) is 4.98 Å². The number of aliphatic hydroxyl groups excluding tert-OH is 2. The van der Waals surface area contributed by atoms with Crippen LogP contribution in [-0.2, 0) is 14.3 Å². The SMILES string of the molecule is C/C1=C/C[C@@H](/C(C)=C/c2csc(C)n2)OC(=O)C[C@H](O)[C@@]2(C)C[C@@H](CCC1)[C@H](O)[C@@H](C)C2=O. The molecule has 2 aliphatic rings. The molecule has 1 saturated carbocycles. The van der Waals surface area contributed by atoms with Crippen molar-refractivity contribution in [3.8, 4) is 0 Å². The second kappa shape index (κ2) is 10.6. The number of ether oxygens (including phenoxy) is 1. The number of rotatable bonds is 2. The number of esters is 1. The molecule has 0 unspecified atom stereocenters. The maximum Gasteiger partial charge on any atom is 0.309 e. The minimum atomic E-state index is -1.15. The number of nitrogens with zero attached hydrogens (tertiary/aromatic N) is 1. The maximum atomic E-state index is 13.1. The third-order valence-corrected chi connectivity index (χ3v) is 8.17. The molecule has 182 valence electrons. The number of carbonyl (C=O) groups excluding carboxylic acids is 2. The molecule has 0 amide bonds. The van der Waals surface area contributed by atoms with Gasteiger partial charge in [0, 0.05) is 17.7 Å². The normalized spacial score (nSPS) is 36.5. The van der Waals surface area contributed by atoms with Crippen LogP contribution in [0, 0.1) is 24.2 Å². The number of aromatic nitrogens is 1. The fourth-order valence-corrected chi connectivity index (χ4v) is 5.74. The number of hydrogen-bond donors (Lipinski definition) is 2. The number of ketones is 1. The molecule has 6 atom stereocenters. The molecule has 7 heteroatoms. The molecule has 1 aliphatic carbocycles. The summed E-state index contributed by atoms with van der Waals surface area (Å²) in [4.78, 5) is 30.4. The number of hydrogen-bond acceptors (Lipinski definition) is 7. The molecule has 33 heavy (non-hydrogen) atoms. The van der Waals surface area contributed by atoms with Gasteiger partial charge in [0.05, 0.1) is 34.7 Å².